The van der Waals surface area contributed by atoms with Gasteiger partial charge in [0.05, 0.1) is 6.61 Å². The molecule has 15 heavy (non-hydrogen) atoms. The van der Waals surface area contributed by atoms with Gasteiger partial charge in [-0.15, -0.1) is 0 Å². The van der Waals surface area contributed by atoms with Crippen LogP contribution in [-0.4, -0.2) is 32.0 Å². The molecule has 0 spiro atoms. The predicted molar refractivity (Wildman–Crippen MR) is 61.7 cm³/mol. The van der Waals surface area contributed by atoms with Crippen LogP contribution in [0.15, 0.2) is 0 Å². The van der Waals surface area contributed by atoms with Crippen LogP contribution in [0.3, 0.4) is 0 Å². The Bertz CT molecular complexity index is 194. The summed E-state index contributed by atoms with van der Waals surface area (Å²) >= 11 is 0. The zero-order valence-electron chi connectivity index (χ0n) is 10.0. The summed E-state index contributed by atoms with van der Waals surface area (Å²) in [5.74, 6) is 1.44. The minimum absolute atomic E-state index is 0.0732. The van der Waals surface area contributed by atoms with Crippen LogP contribution in [0, 0.1) is 11.8 Å². The van der Waals surface area contributed by atoms with Gasteiger partial charge in [0.2, 0.25) is 0 Å². The largest absolute Gasteiger partial charge is 0.361 e. The van der Waals surface area contributed by atoms with Gasteiger partial charge in [-0.2, -0.15) is 0 Å². The van der Waals surface area contributed by atoms with Crippen LogP contribution in [-0.2, 0) is 4.74 Å². The molecule has 2 aliphatic heterocycles. The average molecular weight is 212 g/mol. The van der Waals surface area contributed by atoms with Gasteiger partial charge in [0.15, 0.2) is 0 Å². The molecule has 88 valence electrons. The summed E-state index contributed by atoms with van der Waals surface area (Å²) in [6.45, 7) is 8.79. The molecule has 0 aliphatic carbocycles. The lowest BCUT2D eigenvalue weighted by molar-refractivity contribution is -0.114. The highest BCUT2D eigenvalue weighted by molar-refractivity contribution is 4.83. The number of hydrogen-bond acceptors (Lipinski definition) is 3. The Morgan fingerprint density at radius 3 is 2.87 bits per heavy atom. The van der Waals surface area contributed by atoms with E-state index in [9.17, 15) is 0 Å². The first-order valence-corrected chi connectivity index (χ1v) is 6.28. The number of piperidine rings is 1. The van der Waals surface area contributed by atoms with Crippen molar-refractivity contribution in [1.82, 2.24) is 10.6 Å². The second kappa shape index (κ2) is 4.81. The molecule has 0 aromatic heterocycles. The summed E-state index contributed by atoms with van der Waals surface area (Å²) in [6.07, 6.45) is 3.81. The van der Waals surface area contributed by atoms with Crippen LogP contribution < -0.4 is 10.6 Å². The highest BCUT2D eigenvalue weighted by Crippen LogP contribution is 2.26. The SMILES string of the molecule is CC1CNC(C)(CC2CCCNC2)OC1. The van der Waals surface area contributed by atoms with Gasteiger partial charge in [-0.05, 0) is 51.1 Å². The predicted octanol–water partition coefficient (Wildman–Crippen LogP) is 1.35. The molecule has 0 aromatic rings. The molecule has 2 rings (SSSR count). The van der Waals surface area contributed by atoms with Crippen molar-refractivity contribution in [2.24, 2.45) is 11.8 Å². The third kappa shape index (κ3) is 3.16. The van der Waals surface area contributed by atoms with E-state index < -0.39 is 0 Å². The van der Waals surface area contributed by atoms with E-state index in [2.05, 4.69) is 24.5 Å². The lowest BCUT2D eigenvalue weighted by Crippen LogP contribution is -2.54. The summed E-state index contributed by atoms with van der Waals surface area (Å²) < 4.78 is 5.94. The molecule has 0 saturated carbocycles. The Morgan fingerprint density at radius 2 is 2.27 bits per heavy atom. The van der Waals surface area contributed by atoms with Crippen molar-refractivity contribution in [3.8, 4) is 0 Å². The summed E-state index contributed by atoms with van der Waals surface area (Å²) in [5.41, 5.74) is -0.0732. The molecule has 0 radical (unpaired) electrons. The van der Waals surface area contributed by atoms with Crippen molar-refractivity contribution >= 4 is 0 Å². The van der Waals surface area contributed by atoms with Gasteiger partial charge < -0.3 is 10.1 Å². The topological polar surface area (TPSA) is 33.3 Å². The van der Waals surface area contributed by atoms with Crippen molar-refractivity contribution in [3.63, 3.8) is 0 Å². The van der Waals surface area contributed by atoms with Crippen LogP contribution in [0.2, 0.25) is 0 Å². The Labute approximate surface area is 93.0 Å². The van der Waals surface area contributed by atoms with E-state index in [4.69, 9.17) is 4.74 Å². The Balaban J connectivity index is 1.81. The lowest BCUT2D eigenvalue weighted by atomic mass is 9.90. The third-order valence-electron chi connectivity index (χ3n) is 3.59. The van der Waals surface area contributed by atoms with Crippen molar-refractivity contribution < 1.29 is 4.74 Å². The fourth-order valence-corrected chi connectivity index (χ4v) is 2.61. The maximum atomic E-state index is 5.94. The van der Waals surface area contributed by atoms with Crippen LogP contribution in [0.4, 0.5) is 0 Å². The maximum absolute atomic E-state index is 5.94. The Kier molecular flexibility index (Phi) is 3.65. The molecule has 2 N–H and O–H groups in total. The molecule has 3 atom stereocenters. The standard InChI is InChI=1S/C12H24N2O/c1-10-7-14-12(2,15-9-10)6-11-4-3-5-13-8-11/h10-11,13-14H,3-9H2,1-2H3. The molecular weight excluding hydrogens is 188 g/mol. The van der Waals surface area contributed by atoms with Crippen molar-refractivity contribution in [1.29, 1.82) is 0 Å². The number of hydrogen-bond donors (Lipinski definition) is 2. The van der Waals surface area contributed by atoms with E-state index in [0.29, 0.717) is 5.92 Å². The fourth-order valence-electron chi connectivity index (χ4n) is 2.61. The molecule has 0 aromatic carbocycles. The number of rotatable bonds is 2. The second-order valence-corrected chi connectivity index (χ2v) is 5.44. The quantitative estimate of drug-likeness (QED) is 0.725. The van der Waals surface area contributed by atoms with Gasteiger partial charge in [-0.3, -0.25) is 5.32 Å². The van der Waals surface area contributed by atoms with Gasteiger partial charge >= 0.3 is 0 Å². The maximum Gasteiger partial charge on any atom is 0.116 e. The summed E-state index contributed by atoms with van der Waals surface area (Å²) in [6, 6.07) is 0. The van der Waals surface area contributed by atoms with E-state index in [1.165, 1.54) is 19.4 Å². The van der Waals surface area contributed by atoms with Gasteiger partial charge in [0.25, 0.3) is 0 Å². The molecule has 0 amide bonds. The molecule has 3 heteroatoms. The molecule has 2 fully saturated rings. The number of nitrogens with one attached hydrogen (secondary N) is 2. The first-order chi connectivity index (χ1) is 7.18. The van der Waals surface area contributed by atoms with Gasteiger partial charge in [0, 0.05) is 6.54 Å². The highest BCUT2D eigenvalue weighted by atomic mass is 16.5. The average Bonchev–Trinajstić information content (AvgIpc) is 2.24. The minimum Gasteiger partial charge on any atom is -0.361 e. The molecule has 2 aliphatic rings. The van der Waals surface area contributed by atoms with E-state index in [0.717, 1.165) is 32.0 Å². The molecule has 0 bridgehead atoms. The Morgan fingerprint density at radius 1 is 1.40 bits per heavy atom. The molecule has 3 unspecified atom stereocenters. The van der Waals surface area contributed by atoms with Crippen LogP contribution in [0.1, 0.15) is 33.1 Å². The molecule has 3 nitrogen and oxygen atoms in total. The van der Waals surface area contributed by atoms with Crippen molar-refractivity contribution in [2.75, 3.05) is 26.2 Å². The molecular formula is C12H24N2O. The Hall–Kier alpha value is -0.120. The zero-order chi connectivity index (χ0) is 10.7. The van der Waals surface area contributed by atoms with Crippen molar-refractivity contribution in [3.05, 3.63) is 0 Å². The van der Waals surface area contributed by atoms with Crippen LogP contribution >= 0.6 is 0 Å². The monoisotopic (exact) mass is 212 g/mol. The smallest absolute Gasteiger partial charge is 0.116 e. The van der Waals surface area contributed by atoms with Gasteiger partial charge in [-0.1, -0.05) is 6.92 Å². The molecule has 2 heterocycles. The highest BCUT2D eigenvalue weighted by Gasteiger charge is 2.32. The van der Waals surface area contributed by atoms with E-state index in [1.54, 1.807) is 0 Å². The fraction of sp³-hybridized carbons (Fsp3) is 1.00. The minimum atomic E-state index is -0.0732. The first kappa shape index (κ1) is 11.4. The lowest BCUT2D eigenvalue weighted by Gasteiger charge is -2.40. The van der Waals surface area contributed by atoms with Crippen LogP contribution in [0.25, 0.3) is 0 Å². The first-order valence-electron chi connectivity index (χ1n) is 6.28. The van der Waals surface area contributed by atoms with E-state index in [1.807, 2.05) is 0 Å². The van der Waals surface area contributed by atoms with Crippen molar-refractivity contribution in [2.45, 2.75) is 38.8 Å². The number of ether oxygens (including phenoxy) is 1. The second-order valence-electron chi connectivity index (χ2n) is 5.44. The third-order valence-corrected chi connectivity index (χ3v) is 3.59. The summed E-state index contributed by atoms with van der Waals surface area (Å²) in [7, 11) is 0. The normalized spacial score (nSPS) is 42.8. The summed E-state index contributed by atoms with van der Waals surface area (Å²) in [5, 5.41) is 7.01. The van der Waals surface area contributed by atoms with Gasteiger partial charge in [-0.25, -0.2) is 0 Å². The van der Waals surface area contributed by atoms with Gasteiger partial charge in [0.1, 0.15) is 5.72 Å². The van der Waals surface area contributed by atoms with E-state index in [-0.39, 0.29) is 5.72 Å². The van der Waals surface area contributed by atoms with Crippen LogP contribution in [0.5, 0.6) is 0 Å². The summed E-state index contributed by atoms with van der Waals surface area (Å²) in [4.78, 5) is 0. The molecule has 2 saturated heterocycles. The zero-order valence-corrected chi connectivity index (χ0v) is 10.0. The van der Waals surface area contributed by atoms with E-state index >= 15 is 0 Å².